The van der Waals surface area contributed by atoms with Crippen molar-refractivity contribution in [1.82, 2.24) is 0 Å². The first kappa shape index (κ1) is 46.7. The molecule has 0 spiro atoms. The lowest BCUT2D eigenvalue weighted by Gasteiger charge is -2.41. The highest BCUT2D eigenvalue weighted by Gasteiger charge is 2.72. The summed E-state index contributed by atoms with van der Waals surface area (Å²) in [6, 6.07) is 1.77. The number of ether oxygens (including phenoxy) is 3. The van der Waals surface area contributed by atoms with E-state index in [-0.39, 0.29) is 16.7 Å². The van der Waals surface area contributed by atoms with E-state index < -0.39 is 95.4 Å². The Morgan fingerprint density at radius 1 is 0.529 bits per heavy atom. The minimum Gasteiger partial charge on any atom is -0.379 e. The molecule has 6 nitrogen and oxygen atoms in total. The van der Waals surface area contributed by atoms with Crippen molar-refractivity contribution < 1.29 is 95.4 Å². The second-order valence-electron chi connectivity index (χ2n) is 13.6. The van der Waals surface area contributed by atoms with Crippen LogP contribution in [0.3, 0.4) is 0 Å². The monoisotopic (exact) mass is 778 g/mol. The fraction of sp³-hybridized carbons (Fsp3) is 0.733. The summed E-state index contributed by atoms with van der Waals surface area (Å²) in [5, 5.41) is 29.3. The molecule has 1 aromatic carbocycles. The molecule has 0 heterocycles. The van der Waals surface area contributed by atoms with Crippen LogP contribution in [0.1, 0.15) is 77.6 Å². The molecule has 1 rings (SSSR count). The van der Waals surface area contributed by atoms with Crippen molar-refractivity contribution in [2.75, 3.05) is 19.8 Å². The Hall–Kier alpha value is -2.33. The third kappa shape index (κ3) is 9.62. The first-order valence-electron chi connectivity index (χ1n) is 14.3. The summed E-state index contributed by atoms with van der Waals surface area (Å²) >= 11 is 0. The van der Waals surface area contributed by atoms with Crippen molar-refractivity contribution in [3.05, 3.63) is 41.0 Å². The third-order valence-corrected chi connectivity index (χ3v) is 8.03. The molecule has 0 bridgehead atoms. The summed E-state index contributed by atoms with van der Waals surface area (Å²) in [5.74, 6) is 0. The summed E-state index contributed by atoms with van der Waals surface area (Å²) in [6.45, 7) is 4.15. The third-order valence-electron chi connectivity index (χ3n) is 8.03. The van der Waals surface area contributed by atoms with Crippen molar-refractivity contribution in [1.29, 1.82) is 0 Å². The number of halogens is 15. The van der Waals surface area contributed by atoms with Crippen molar-refractivity contribution in [2.24, 2.45) is 0 Å². The van der Waals surface area contributed by atoms with Gasteiger partial charge in [0.25, 0.3) is 11.2 Å². The van der Waals surface area contributed by atoms with Gasteiger partial charge in [-0.05, 0) is 89.8 Å². The molecule has 0 saturated carbocycles. The van der Waals surface area contributed by atoms with Gasteiger partial charge in [-0.25, -0.2) is 0 Å². The van der Waals surface area contributed by atoms with E-state index >= 15 is 0 Å². The molecule has 0 aromatic heterocycles. The number of allylic oxidation sites excluding steroid dienone is 1. The van der Waals surface area contributed by atoms with Crippen LogP contribution in [0.2, 0.25) is 0 Å². The van der Waals surface area contributed by atoms with Crippen LogP contribution < -0.4 is 0 Å². The van der Waals surface area contributed by atoms with Gasteiger partial charge in [0, 0.05) is 0 Å². The molecule has 0 aliphatic carbocycles. The second-order valence-corrected chi connectivity index (χ2v) is 13.6. The molecule has 1 unspecified atom stereocenters. The van der Waals surface area contributed by atoms with Gasteiger partial charge < -0.3 is 29.5 Å². The van der Waals surface area contributed by atoms with E-state index in [1.807, 2.05) is 0 Å². The summed E-state index contributed by atoms with van der Waals surface area (Å²) < 4.78 is 217. The van der Waals surface area contributed by atoms with Gasteiger partial charge in [-0.3, -0.25) is 0 Å². The molecule has 0 aliphatic heterocycles. The van der Waals surface area contributed by atoms with E-state index in [4.69, 9.17) is 14.2 Å². The van der Waals surface area contributed by atoms with Crippen LogP contribution >= 0.6 is 0 Å². The SMILES string of the molecule is C=C(C)c1cc(C(C)(C)OCC(O)(C(F)(F)F)C(F)(F)F)cc(C(C)(C)OCC(O)(C(F)(F)F)C(F)(F)F)c1C(C)(C)OCC(C)(O)C(F)(F)F. The highest BCUT2D eigenvalue weighted by Crippen LogP contribution is 2.49. The number of benzene rings is 1. The molecular weight excluding hydrogens is 741 g/mol. The molecule has 3 N–H and O–H groups in total. The Bertz CT molecular complexity index is 1370. The zero-order valence-electron chi connectivity index (χ0n) is 28.2. The average molecular weight is 779 g/mol. The first-order chi connectivity index (χ1) is 22.0. The van der Waals surface area contributed by atoms with Crippen LogP contribution in [0.25, 0.3) is 5.57 Å². The van der Waals surface area contributed by atoms with E-state index in [1.54, 1.807) is 0 Å². The number of hydrogen-bond donors (Lipinski definition) is 3. The Balaban J connectivity index is 4.16. The van der Waals surface area contributed by atoms with Crippen LogP contribution in [0.5, 0.6) is 0 Å². The quantitative estimate of drug-likeness (QED) is 0.174. The maximum absolute atomic E-state index is 13.5. The summed E-state index contributed by atoms with van der Waals surface area (Å²) in [5.41, 5.74) is -23.2. The Labute approximate surface area is 282 Å². The maximum Gasteiger partial charge on any atom is 0.428 e. The molecule has 0 fully saturated rings. The standard InChI is InChI=1S/C30H37F15O6/c1-15(2)17-10-16(20(3,4)50-13-24(47,27(34,35)36)28(37,38)39)11-18(19(17)22(7,8)49-12-23(9,46)26(31,32)33)21(5,6)51-14-25(48,29(40,41)42)30(43,44)45/h10-11,46-48H,1,12-14H2,2-9H3. The van der Waals surface area contributed by atoms with Crippen LogP contribution in [0.4, 0.5) is 65.9 Å². The molecule has 298 valence electrons. The second kappa shape index (κ2) is 13.8. The van der Waals surface area contributed by atoms with Gasteiger partial charge in [-0.2, -0.15) is 65.9 Å². The molecule has 51 heavy (non-hydrogen) atoms. The lowest BCUT2D eigenvalue weighted by Crippen LogP contribution is -2.60. The lowest BCUT2D eigenvalue weighted by molar-refractivity contribution is -0.383. The van der Waals surface area contributed by atoms with Gasteiger partial charge in [-0.1, -0.05) is 12.2 Å². The molecule has 1 aromatic rings. The van der Waals surface area contributed by atoms with Gasteiger partial charge >= 0.3 is 30.9 Å². The summed E-state index contributed by atoms with van der Waals surface area (Å²) in [6.07, 6.45) is -30.7. The fourth-order valence-corrected chi connectivity index (χ4v) is 4.30. The molecule has 1 atom stereocenters. The van der Waals surface area contributed by atoms with Gasteiger partial charge in [0.1, 0.15) is 0 Å². The van der Waals surface area contributed by atoms with Gasteiger partial charge in [0.05, 0.1) is 36.6 Å². The van der Waals surface area contributed by atoms with Gasteiger partial charge in [0.2, 0.25) is 0 Å². The molecule has 0 aliphatic rings. The highest BCUT2D eigenvalue weighted by molar-refractivity contribution is 5.69. The topological polar surface area (TPSA) is 88.4 Å². The van der Waals surface area contributed by atoms with Crippen LogP contribution in [0, 0.1) is 0 Å². The van der Waals surface area contributed by atoms with E-state index in [1.165, 1.54) is 6.92 Å². The largest absolute Gasteiger partial charge is 0.428 e. The van der Waals surface area contributed by atoms with Crippen molar-refractivity contribution in [3.63, 3.8) is 0 Å². The van der Waals surface area contributed by atoms with E-state index in [0.29, 0.717) is 6.92 Å². The summed E-state index contributed by atoms with van der Waals surface area (Å²) in [4.78, 5) is 0. The predicted octanol–water partition coefficient (Wildman–Crippen LogP) is 8.50. The lowest BCUT2D eigenvalue weighted by atomic mass is 9.77. The zero-order valence-corrected chi connectivity index (χ0v) is 28.2. The Morgan fingerprint density at radius 3 is 1.18 bits per heavy atom. The van der Waals surface area contributed by atoms with E-state index in [2.05, 4.69) is 6.58 Å². The van der Waals surface area contributed by atoms with Crippen LogP contribution in [0.15, 0.2) is 18.7 Å². The van der Waals surface area contributed by atoms with Crippen LogP contribution in [-0.2, 0) is 31.0 Å². The van der Waals surface area contributed by atoms with Crippen LogP contribution in [-0.4, -0.2) is 82.8 Å². The highest BCUT2D eigenvalue weighted by atomic mass is 19.4. The molecule has 21 heteroatoms. The first-order valence-corrected chi connectivity index (χ1v) is 14.3. The summed E-state index contributed by atoms with van der Waals surface area (Å²) in [7, 11) is 0. The van der Waals surface area contributed by atoms with E-state index in [0.717, 1.165) is 53.7 Å². The number of alkyl halides is 15. The fourth-order valence-electron chi connectivity index (χ4n) is 4.30. The molecule has 0 radical (unpaired) electrons. The van der Waals surface area contributed by atoms with Gasteiger partial charge in [0.15, 0.2) is 5.60 Å². The average Bonchev–Trinajstić information content (AvgIpc) is 2.89. The number of hydrogen-bond acceptors (Lipinski definition) is 6. The van der Waals surface area contributed by atoms with Crippen molar-refractivity contribution >= 4 is 5.57 Å². The maximum atomic E-state index is 13.5. The smallest absolute Gasteiger partial charge is 0.379 e. The number of rotatable bonds is 13. The molecule has 0 saturated heterocycles. The minimum atomic E-state index is -6.38. The predicted molar refractivity (Wildman–Crippen MR) is 149 cm³/mol. The Kier molecular flexibility index (Phi) is 12.7. The Morgan fingerprint density at radius 2 is 0.863 bits per heavy atom. The zero-order chi connectivity index (χ0) is 41.0. The van der Waals surface area contributed by atoms with Crippen molar-refractivity contribution in [2.45, 2.75) is 120 Å². The number of aliphatic hydroxyl groups is 3. The van der Waals surface area contributed by atoms with E-state index in [9.17, 15) is 81.2 Å². The van der Waals surface area contributed by atoms with Crippen molar-refractivity contribution in [3.8, 4) is 0 Å². The normalized spacial score (nSPS) is 16.4. The molecular formula is C30H37F15O6. The minimum absolute atomic E-state index is 0.0943. The molecule has 0 amide bonds. The van der Waals surface area contributed by atoms with Gasteiger partial charge in [-0.15, -0.1) is 0 Å².